The summed E-state index contributed by atoms with van der Waals surface area (Å²) in [7, 11) is 0. The number of hydrogen-bond acceptors (Lipinski definition) is 6. The highest BCUT2D eigenvalue weighted by atomic mass is 32.1. The Labute approximate surface area is 307 Å². The van der Waals surface area contributed by atoms with Crippen molar-refractivity contribution in [2.24, 2.45) is 0 Å². The number of rotatable bonds is 5. The van der Waals surface area contributed by atoms with Gasteiger partial charge in [0.05, 0.1) is 21.3 Å². The Hall–Kier alpha value is -6.96. The molecule has 0 aliphatic heterocycles. The summed E-state index contributed by atoms with van der Waals surface area (Å²) in [5.74, 6) is 1.78. The summed E-state index contributed by atoms with van der Waals surface area (Å²) in [6.45, 7) is 0. The largest absolute Gasteiger partial charge is 0.456 e. The van der Waals surface area contributed by atoms with E-state index >= 15 is 0 Å². The summed E-state index contributed by atoms with van der Waals surface area (Å²) < 4.78 is 9.91. The van der Waals surface area contributed by atoms with Gasteiger partial charge in [-0.15, -0.1) is 11.3 Å². The highest BCUT2D eigenvalue weighted by Crippen LogP contribution is 2.40. The van der Waals surface area contributed by atoms with E-state index in [1.807, 2.05) is 54.6 Å². The van der Waals surface area contributed by atoms with Gasteiger partial charge in [0, 0.05) is 49.5 Å². The molecule has 0 aliphatic rings. The third-order valence-electron chi connectivity index (χ3n) is 9.89. The third kappa shape index (κ3) is 4.86. The first-order valence-electron chi connectivity index (χ1n) is 17.5. The molecular formula is C46H27N5OS. The number of nitrogens with zero attached hydrogens (tertiary/aromatic N) is 5. The molecule has 4 heterocycles. The standard InChI is InChI=1S/C46H27N5OS/c1-2-12-28(13-3-1)43-48-44(29-14-10-15-31(26-29)51-37-20-7-4-16-32(37)33-17-5-8-21-38(33)51)50-45(49-43)34-18-11-22-40-42(34)35-27-30(24-25-39(35)52-40)46-47-36-19-6-9-23-41(36)53-46/h1-27H. The fraction of sp³-hybridized carbons (Fsp3) is 0. The van der Waals surface area contributed by atoms with Crippen LogP contribution in [0.5, 0.6) is 0 Å². The molecule has 0 amide bonds. The van der Waals surface area contributed by atoms with Crippen LogP contribution in [0.15, 0.2) is 168 Å². The molecule has 0 spiro atoms. The molecule has 0 saturated carbocycles. The van der Waals surface area contributed by atoms with Crippen LogP contribution < -0.4 is 0 Å². The lowest BCUT2D eigenvalue weighted by molar-refractivity contribution is 0.669. The van der Waals surface area contributed by atoms with Crippen LogP contribution in [0.1, 0.15) is 0 Å². The van der Waals surface area contributed by atoms with E-state index in [0.29, 0.717) is 17.5 Å². The Morgan fingerprint density at radius 1 is 0.453 bits per heavy atom. The summed E-state index contributed by atoms with van der Waals surface area (Å²) in [5, 5.41) is 5.35. The SMILES string of the molecule is c1ccc(-c2nc(-c3cccc(-n4c5ccccc5c5ccccc54)c3)nc(-c3cccc4oc5ccc(-c6nc7ccccc7s6)cc5c34)n2)cc1. The van der Waals surface area contributed by atoms with E-state index in [4.69, 9.17) is 24.4 Å². The zero-order valence-corrected chi connectivity index (χ0v) is 29.0. The van der Waals surface area contributed by atoms with Crippen molar-refractivity contribution in [3.63, 3.8) is 0 Å². The van der Waals surface area contributed by atoms with Crippen LogP contribution in [-0.4, -0.2) is 24.5 Å². The number of para-hydroxylation sites is 3. The number of hydrogen-bond donors (Lipinski definition) is 0. The van der Waals surface area contributed by atoms with Gasteiger partial charge in [0.15, 0.2) is 17.5 Å². The van der Waals surface area contributed by atoms with Crippen LogP contribution in [0.4, 0.5) is 0 Å². The van der Waals surface area contributed by atoms with Gasteiger partial charge in [0.25, 0.3) is 0 Å². The van der Waals surface area contributed by atoms with Crippen molar-refractivity contribution in [2.75, 3.05) is 0 Å². The first kappa shape index (κ1) is 29.7. The lowest BCUT2D eigenvalue weighted by Gasteiger charge is -2.12. The molecule has 53 heavy (non-hydrogen) atoms. The molecule has 0 fully saturated rings. The molecule has 0 bridgehead atoms. The van der Waals surface area contributed by atoms with E-state index in [9.17, 15) is 0 Å². The van der Waals surface area contributed by atoms with Crippen LogP contribution in [0.2, 0.25) is 0 Å². The number of fused-ring (bicyclic) bond motifs is 7. The van der Waals surface area contributed by atoms with E-state index in [1.165, 1.54) is 10.8 Å². The van der Waals surface area contributed by atoms with Gasteiger partial charge in [-0.25, -0.2) is 19.9 Å². The van der Waals surface area contributed by atoms with Crippen molar-refractivity contribution in [2.45, 2.75) is 0 Å². The minimum Gasteiger partial charge on any atom is -0.456 e. The Morgan fingerprint density at radius 3 is 1.94 bits per heavy atom. The molecule has 0 aliphatic carbocycles. The Kier molecular flexibility index (Phi) is 6.62. The molecule has 11 aromatic rings. The second kappa shape index (κ2) is 11.8. The van der Waals surface area contributed by atoms with E-state index < -0.39 is 0 Å². The normalized spacial score (nSPS) is 11.8. The summed E-state index contributed by atoms with van der Waals surface area (Å²) in [6, 6.07) is 56.3. The van der Waals surface area contributed by atoms with Gasteiger partial charge < -0.3 is 8.98 Å². The zero-order valence-electron chi connectivity index (χ0n) is 28.1. The molecule has 248 valence electrons. The Morgan fingerprint density at radius 2 is 1.13 bits per heavy atom. The molecule has 4 aromatic heterocycles. The van der Waals surface area contributed by atoms with Gasteiger partial charge in [-0.05, 0) is 60.7 Å². The quantitative estimate of drug-likeness (QED) is 0.179. The minimum absolute atomic E-state index is 0.579. The molecule has 0 atom stereocenters. The summed E-state index contributed by atoms with van der Waals surface area (Å²) >= 11 is 1.69. The lowest BCUT2D eigenvalue weighted by Crippen LogP contribution is -2.01. The van der Waals surface area contributed by atoms with Crippen LogP contribution in [-0.2, 0) is 0 Å². The molecule has 7 heteroatoms. The van der Waals surface area contributed by atoms with Gasteiger partial charge in [0.1, 0.15) is 16.2 Å². The summed E-state index contributed by atoms with van der Waals surface area (Å²) in [5.41, 5.74) is 9.63. The maximum atomic E-state index is 6.43. The van der Waals surface area contributed by atoms with Gasteiger partial charge in [-0.3, -0.25) is 0 Å². The van der Waals surface area contributed by atoms with Crippen LogP contribution in [0, 0.1) is 0 Å². The number of furan rings is 1. The average molecular weight is 698 g/mol. The van der Waals surface area contributed by atoms with Gasteiger partial charge in [-0.1, -0.05) is 103 Å². The maximum Gasteiger partial charge on any atom is 0.164 e. The van der Waals surface area contributed by atoms with E-state index in [2.05, 4.69) is 114 Å². The average Bonchev–Trinajstić information content (AvgIpc) is 3.93. The molecule has 0 radical (unpaired) electrons. The van der Waals surface area contributed by atoms with Crippen molar-refractivity contribution in [1.29, 1.82) is 0 Å². The first-order chi connectivity index (χ1) is 26.2. The van der Waals surface area contributed by atoms with Crippen molar-refractivity contribution in [3.05, 3.63) is 164 Å². The van der Waals surface area contributed by atoms with Crippen LogP contribution in [0.25, 0.3) is 104 Å². The predicted octanol–water partition coefficient (Wildman–Crippen LogP) is 12.1. The number of benzene rings is 7. The molecule has 0 unspecified atom stereocenters. The highest BCUT2D eigenvalue weighted by Gasteiger charge is 2.20. The molecule has 11 rings (SSSR count). The summed E-state index contributed by atoms with van der Waals surface area (Å²) in [4.78, 5) is 20.4. The number of thiazole rings is 1. The van der Waals surface area contributed by atoms with Crippen molar-refractivity contribution >= 4 is 65.3 Å². The Bertz CT molecular complexity index is 3110. The van der Waals surface area contributed by atoms with E-state index in [-0.39, 0.29) is 0 Å². The smallest absolute Gasteiger partial charge is 0.164 e. The molecule has 6 nitrogen and oxygen atoms in total. The highest BCUT2D eigenvalue weighted by molar-refractivity contribution is 7.21. The van der Waals surface area contributed by atoms with Crippen LogP contribution >= 0.6 is 11.3 Å². The topological polar surface area (TPSA) is 69.6 Å². The van der Waals surface area contributed by atoms with E-state index in [1.54, 1.807) is 11.3 Å². The predicted molar refractivity (Wildman–Crippen MR) is 216 cm³/mol. The molecule has 7 aromatic carbocycles. The van der Waals surface area contributed by atoms with Crippen molar-refractivity contribution < 1.29 is 4.42 Å². The zero-order chi connectivity index (χ0) is 34.9. The second-order valence-corrected chi connectivity index (χ2v) is 14.1. The third-order valence-corrected chi connectivity index (χ3v) is 11.0. The van der Waals surface area contributed by atoms with Crippen molar-refractivity contribution in [3.8, 4) is 50.4 Å². The maximum absolute atomic E-state index is 6.43. The molecule has 0 saturated heterocycles. The molecular weight excluding hydrogens is 671 g/mol. The minimum atomic E-state index is 0.579. The van der Waals surface area contributed by atoms with Gasteiger partial charge in [0.2, 0.25) is 0 Å². The van der Waals surface area contributed by atoms with Gasteiger partial charge >= 0.3 is 0 Å². The second-order valence-electron chi connectivity index (χ2n) is 13.1. The molecule has 0 N–H and O–H groups in total. The fourth-order valence-electron chi connectivity index (χ4n) is 7.47. The number of aromatic nitrogens is 5. The fourth-order valence-corrected chi connectivity index (χ4v) is 8.43. The van der Waals surface area contributed by atoms with E-state index in [0.717, 1.165) is 76.1 Å². The Balaban J connectivity index is 1.11. The lowest BCUT2D eigenvalue weighted by atomic mass is 10.0. The monoisotopic (exact) mass is 697 g/mol. The first-order valence-corrected chi connectivity index (χ1v) is 18.3. The van der Waals surface area contributed by atoms with Crippen molar-refractivity contribution in [1.82, 2.24) is 24.5 Å². The summed E-state index contributed by atoms with van der Waals surface area (Å²) in [6.07, 6.45) is 0. The van der Waals surface area contributed by atoms with Gasteiger partial charge in [-0.2, -0.15) is 0 Å². The van der Waals surface area contributed by atoms with Crippen LogP contribution in [0.3, 0.4) is 0 Å².